The molecule has 30 heavy (non-hydrogen) atoms. The molecule has 0 bridgehead atoms. The third-order valence-electron chi connectivity index (χ3n) is 4.36. The van der Waals surface area contributed by atoms with Gasteiger partial charge in [-0.15, -0.1) is 0 Å². The average molecular weight is 432 g/mol. The number of aromatic amines is 1. The Balaban J connectivity index is 1.63. The number of hydrogen-bond acceptors (Lipinski definition) is 4. The quantitative estimate of drug-likeness (QED) is 0.434. The lowest BCUT2D eigenvalue weighted by atomic mass is 10.1. The van der Waals surface area contributed by atoms with Gasteiger partial charge in [0.1, 0.15) is 16.7 Å². The molecule has 1 aromatic carbocycles. The summed E-state index contributed by atoms with van der Waals surface area (Å²) in [4.78, 5) is 27.7. The van der Waals surface area contributed by atoms with Gasteiger partial charge in [0.2, 0.25) is 0 Å². The van der Waals surface area contributed by atoms with E-state index >= 15 is 0 Å². The van der Waals surface area contributed by atoms with E-state index in [9.17, 15) is 18.0 Å². The molecule has 0 aliphatic heterocycles. The maximum atomic E-state index is 12.8. The molecule has 4 rings (SSSR count). The fourth-order valence-electron chi connectivity index (χ4n) is 2.92. The average Bonchev–Trinajstić information content (AvgIpc) is 3.12. The maximum Gasteiger partial charge on any atom is 0.433 e. The van der Waals surface area contributed by atoms with E-state index in [1.807, 2.05) is 24.3 Å². The number of alkyl halides is 3. The SMILES string of the molecule is Cc1nc(C(F)(F)F)ccc1C(=O)Nc1cnc(Cl)c(-c2nc3ccccc3[nH]2)c1. The first kappa shape index (κ1) is 19.8. The molecule has 1 amide bonds. The van der Waals surface area contributed by atoms with Crippen LogP contribution in [-0.4, -0.2) is 25.8 Å². The van der Waals surface area contributed by atoms with Gasteiger partial charge in [-0.3, -0.25) is 4.79 Å². The molecule has 3 heterocycles. The van der Waals surface area contributed by atoms with Gasteiger partial charge >= 0.3 is 6.18 Å². The summed E-state index contributed by atoms with van der Waals surface area (Å²) in [5.74, 6) is -0.148. The molecule has 0 saturated heterocycles. The topological polar surface area (TPSA) is 83.6 Å². The molecule has 4 aromatic rings. The Morgan fingerprint density at radius 3 is 2.60 bits per heavy atom. The van der Waals surface area contributed by atoms with Crippen molar-refractivity contribution in [1.29, 1.82) is 0 Å². The summed E-state index contributed by atoms with van der Waals surface area (Å²) in [5, 5.41) is 2.79. The van der Waals surface area contributed by atoms with Gasteiger partial charge in [0, 0.05) is 0 Å². The molecule has 0 unspecified atom stereocenters. The van der Waals surface area contributed by atoms with Gasteiger partial charge in [0.05, 0.1) is 39.7 Å². The number of carbonyl (C=O) groups is 1. The van der Waals surface area contributed by atoms with Gasteiger partial charge in [-0.05, 0) is 37.3 Å². The number of nitrogens with one attached hydrogen (secondary N) is 2. The fourth-order valence-corrected chi connectivity index (χ4v) is 3.11. The van der Waals surface area contributed by atoms with E-state index in [1.165, 1.54) is 13.1 Å². The van der Waals surface area contributed by atoms with Crippen LogP contribution in [0.25, 0.3) is 22.4 Å². The zero-order valence-corrected chi connectivity index (χ0v) is 16.1. The number of rotatable bonds is 3. The normalized spacial score (nSPS) is 11.6. The van der Waals surface area contributed by atoms with Gasteiger partial charge in [-0.1, -0.05) is 23.7 Å². The van der Waals surface area contributed by atoms with Crippen molar-refractivity contribution in [3.8, 4) is 11.4 Å². The largest absolute Gasteiger partial charge is 0.433 e. The molecular formula is C20H13ClF3N5O. The highest BCUT2D eigenvalue weighted by Crippen LogP contribution is 2.30. The molecule has 0 atom stereocenters. The van der Waals surface area contributed by atoms with Gasteiger partial charge in [0.15, 0.2) is 0 Å². The van der Waals surface area contributed by atoms with Gasteiger partial charge in [-0.2, -0.15) is 13.2 Å². The summed E-state index contributed by atoms with van der Waals surface area (Å²) < 4.78 is 38.3. The minimum absolute atomic E-state index is 0.0169. The Bertz CT molecular complexity index is 1240. The van der Waals surface area contributed by atoms with Crippen LogP contribution in [0.2, 0.25) is 5.15 Å². The minimum atomic E-state index is -4.58. The van der Waals surface area contributed by atoms with E-state index in [0.29, 0.717) is 17.1 Å². The second kappa shape index (κ2) is 7.42. The zero-order chi connectivity index (χ0) is 21.5. The molecule has 0 radical (unpaired) electrons. The van der Waals surface area contributed by atoms with E-state index in [1.54, 1.807) is 6.07 Å². The van der Waals surface area contributed by atoms with Crippen molar-refractivity contribution < 1.29 is 18.0 Å². The summed E-state index contributed by atoms with van der Waals surface area (Å²) in [6.07, 6.45) is -3.24. The number of aromatic nitrogens is 4. The van der Waals surface area contributed by atoms with Crippen LogP contribution in [0, 0.1) is 6.92 Å². The molecule has 0 saturated carbocycles. The third kappa shape index (κ3) is 3.84. The second-order valence-corrected chi connectivity index (χ2v) is 6.80. The van der Waals surface area contributed by atoms with Gasteiger partial charge < -0.3 is 10.3 Å². The number of fused-ring (bicyclic) bond motifs is 1. The van der Waals surface area contributed by atoms with Crippen molar-refractivity contribution in [3.63, 3.8) is 0 Å². The number of pyridine rings is 2. The first-order valence-electron chi connectivity index (χ1n) is 8.69. The van der Waals surface area contributed by atoms with E-state index in [0.717, 1.165) is 23.2 Å². The van der Waals surface area contributed by atoms with Crippen molar-refractivity contribution in [1.82, 2.24) is 19.9 Å². The fraction of sp³-hybridized carbons (Fsp3) is 0.100. The molecule has 10 heteroatoms. The Morgan fingerprint density at radius 2 is 1.90 bits per heavy atom. The highest BCUT2D eigenvalue weighted by Gasteiger charge is 2.33. The number of para-hydroxylation sites is 2. The Labute approximate surface area is 173 Å². The van der Waals surface area contributed by atoms with Crippen molar-refractivity contribution in [2.24, 2.45) is 0 Å². The number of aryl methyl sites for hydroxylation is 1. The van der Waals surface area contributed by atoms with Crippen LogP contribution >= 0.6 is 11.6 Å². The first-order chi connectivity index (χ1) is 14.2. The van der Waals surface area contributed by atoms with Crippen LogP contribution in [-0.2, 0) is 6.18 Å². The molecule has 3 aromatic heterocycles. The summed E-state index contributed by atoms with van der Waals surface area (Å²) in [5.41, 5.74) is 1.24. The van der Waals surface area contributed by atoms with Gasteiger partial charge in [0.25, 0.3) is 5.91 Å². The highest BCUT2D eigenvalue weighted by molar-refractivity contribution is 6.32. The smallest absolute Gasteiger partial charge is 0.338 e. The minimum Gasteiger partial charge on any atom is -0.338 e. The molecule has 0 fully saturated rings. The lowest BCUT2D eigenvalue weighted by Gasteiger charge is -2.11. The lowest BCUT2D eigenvalue weighted by molar-refractivity contribution is -0.141. The summed E-state index contributed by atoms with van der Waals surface area (Å²) in [7, 11) is 0. The van der Waals surface area contributed by atoms with Crippen molar-refractivity contribution in [2.75, 3.05) is 5.32 Å². The number of amides is 1. The third-order valence-corrected chi connectivity index (χ3v) is 4.66. The van der Waals surface area contributed by atoms with Crippen molar-refractivity contribution >= 4 is 34.2 Å². The Morgan fingerprint density at radius 1 is 1.13 bits per heavy atom. The van der Waals surface area contributed by atoms with E-state index in [4.69, 9.17) is 11.6 Å². The zero-order valence-electron chi connectivity index (χ0n) is 15.4. The highest BCUT2D eigenvalue weighted by atomic mass is 35.5. The van der Waals surface area contributed by atoms with Gasteiger partial charge in [-0.25, -0.2) is 15.0 Å². The number of anilines is 1. The van der Waals surface area contributed by atoms with E-state index in [2.05, 4.69) is 25.3 Å². The van der Waals surface area contributed by atoms with E-state index in [-0.39, 0.29) is 16.4 Å². The Hall–Kier alpha value is -3.46. The number of nitrogens with zero attached hydrogens (tertiary/aromatic N) is 3. The van der Waals surface area contributed by atoms with Crippen LogP contribution in [0.5, 0.6) is 0 Å². The van der Waals surface area contributed by atoms with Crippen molar-refractivity contribution in [2.45, 2.75) is 13.1 Å². The molecule has 0 spiro atoms. The number of hydrogen-bond donors (Lipinski definition) is 2. The predicted octanol–water partition coefficient (Wildman–Crippen LogP) is 5.25. The van der Waals surface area contributed by atoms with Crippen molar-refractivity contribution in [3.05, 3.63) is 70.8 Å². The van der Waals surface area contributed by atoms with E-state index < -0.39 is 17.8 Å². The second-order valence-electron chi connectivity index (χ2n) is 6.45. The molecule has 2 N–H and O–H groups in total. The standard InChI is InChI=1S/C20H13ClF3N5O/c1-10-12(6-7-16(26-10)20(22,23)24)19(30)27-11-8-13(17(21)25-9-11)18-28-14-4-2-3-5-15(14)29-18/h2-9H,1H3,(H,27,30)(H,28,29). The van der Waals surface area contributed by atoms with Crippen LogP contribution in [0.1, 0.15) is 21.7 Å². The number of halogens is 4. The lowest BCUT2D eigenvalue weighted by Crippen LogP contribution is -2.16. The number of benzene rings is 1. The van der Waals surface area contributed by atoms with Crippen LogP contribution in [0.4, 0.5) is 18.9 Å². The van der Waals surface area contributed by atoms with Crippen LogP contribution in [0.3, 0.4) is 0 Å². The molecule has 152 valence electrons. The summed E-state index contributed by atoms with van der Waals surface area (Å²) >= 11 is 6.20. The Kier molecular flexibility index (Phi) is 4.90. The van der Waals surface area contributed by atoms with Crippen LogP contribution in [0.15, 0.2) is 48.7 Å². The molecule has 0 aliphatic carbocycles. The maximum absolute atomic E-state index is 12.8. The molecule has 6 nitrogen and oxygen atoms in total. The monoisotopic (exact) mass is 431 g/mol. The predicted molar refractivity (Wildman–Crippen MR) is 106 cm³/mol. The molecular weight excluding hydrogens is 419 g/mol. The first-order valence-corrected chi connectivity index (χ1v) is 9.07. The van der Waals surface area contributed by atoms with Crippen LogP contribution < -0.4 is 5.32 Å². The molecule has 0 aliphatic rings. The summed E-state index contributed by atoms with van der Waals surface area (Å²) in [6, 6.07) is 10.8. The number of H-pyrrole nitrogens is 1. The number of carbonyl (C=O) groups excluding carboxylic acids is 1. The summed E-state index contributed by atoms with van der Waals surface area (Å²) in [6.45, 7) is 1.34. The number of imidazole rings is 1.